The summed E-state index contributed by atoms with van der Waals surface area (Å²) in [6.07, 6.45) is 2.08. The zero-order valence-corrected chi connectivity index (χ0v) is 16.4. The van der Waals surface area contributed by atoms with Crippen LogP contribution in [0.2, 0.25) is 0 Å². The zero-order valence-electron chi connectivity index (χ0n) is 12.7. The summed E-state index contributed by atoms with van der Waals surface area (Å²) < 4.78 is 32.0. The Kier molecular flexibility index (Phi) is 8.85. The number of hydrogen-bond donors (Lipinski definition) is 0. The van der Waals surface area contributed by atoms with E-state index >= 15 is 0 Å². The topological polar surface area (TPSA) is 57.2 Å². The van der Waals surface area contributed by atoms with Gasteiger partial charge in [0.05, 0.1) is 10.1 Å². The maximum atomic E-state index is 10.7. The third kappa shape index (κ3) is 6.91. The van der Waals surface area contributed by atoms with Crippen LogP contribution in [0.3, 0.4) is 0 Å². The van der Waals surface area contributed by atoms with Crippen molar-refractivity contribution in [2.75, 3.05) is 11.9 Å². The molecule has 112 valence electrons. The first kappa shape index (κ1) is 19.8. The third-order valence-electron chi connectivity index (χ3n) is 3.16. The molecule has 2 aromatic carbocycles. The van der Waals surface area contributed by atoms with E-state index in [-0.39, 0.29) is 35.3 Å². The van der Waals surface area contributed by atoms with Gasteiger partial charge in [0.15, 0.2) is 0 Å². The normalized spacial score (nSPS) is 11.2. The molecule has 3 nitrogen and oxygen atoms in total. The molecule has 22 heavy (non-hydrogen) atoms. The van der Waals surface area contributed by atoms with Gasteiger partial charge in [-0.15, -0.1) is 0 Å². The second kappa shape index (κ2) is 9.82. The first-order valence-corrected chi connectivity index (χ1v) is 9.98. The van der Waals surface area contributed by atoms with E-state index in [0.29, 0.717) is 6.42 Å². The first-order chi connectivity index (χ1) is 10.1. The fourth-order valence-electron chi connectivity index (χ4n) is 2.17. The van der Waals surface area contributed by atoms with Crippen molar-refractivity contribution < 1.29 is 42.5 Å². The van der Waals surface area contributed by atoms with Gasteiger partial charge in [-0.1, -0.05) is 60.7 Å². The molecular formula is C16H18NaO3PS. The van der Waals surface area contributed by atoms with Gasteiger partial charge in [0.25, 0.3) is 0 Å². The SMILES string of the molecule is O=S(=O)([O-])CCCCP(c1ccccc1)c1ccccc1.[Na+]. The molecule has 0 spiro atoms. The van der Waals surface area contributed by atoms with Crippen LogP contribution in [0.15, 0.2) is 60.7 Å². The van der Waals surface area contributed by atoms with E-state index in [2.05, 4.69) is 24.3 Å². The predicted octanol–water partition coefficient (Wildman–Crippen LogP) is -0.551. The van der Waals surface area contributed by atoms with Crippen LogP contribution in [0.25, 0.3) is 0 Å². The molecule has 0 atom stereocenters. The van der Waals surface area contributed by atoms with Gasteiger partial charge in [-0.3, -0.25) is 0 Å². The summed E-state index contributed by atoms with van der Waals surface area (Å²) >= 11 is 0. The Hall–Kier alpha value is -0.220. The molecule has 0 saturated heterocycles. The van der Waals surface area contributed by atoms with Crippen LogP contribution in [0.5, 0.6) is 0 Å². The summed E-state index contributed by atoms with van der Waals surface area (Å²) in [6.45, 7) is 0. The Morgan fingerprint density at radius 3 is 1.68 bits per heavy atom. The van der Waals surface area contributed by atoms with Crippen molar-refractivity contribution in [3.8, 4) is 0 Å². The van der Waals surface area contributed by atoms with E-state index in [4.69, 9.17) is 0 Å². The van der Waals surface area contributed by atoms with E-state index < -0.39 is 18.0 Å². The molecule has 0 aliphatic heterocycles. The largest absolute Gasteiger partial charge is 1.00 e. The van der Waals surface area contributed by atoms with Crippen LogP contribution in [-0.4, -0.2) is 24.9 Å². The van der Waals surface area contributed by atoms with Gasteiger partial charge in [-0.25, -0.2) is 8.42 Å². The van der Waals surface area contributed by atoms with Crippen LogP contribution in [0.4, 0.5) is 0 Å². The minimum atomic E-state index is -4.09. The molecule has 0 aliphatic rings. The second-order valence-corrected chi connectivity index (χ2v) is 8.65. The smallest absolute Gasteiger partial charge is 0.748 e. The minimum Gasteiger partial charge on any atom is -0.748 e. The Balaban J connectivity index is 0.00000242. The summed E-state index contributed by atoms with van der Waals surface area (Å²) in [5.41, 5.74) is 0. The fourth-order valence-corrected chi connectivity index (χ4v) is 5.15. The van der Waals surface area contributed by atoms with E-state index in [1.54, 1.807) is 0 Å². The van der Waals surface area contributed by atoms with E-state index in [9.17, 15) is 13.0 Å². The number of hydrogen-bond acceptors (Lipinski definition) is 3. The number of benzene rings is 2. The third-order valence-corrected chi connectivity index (χ3v) is 6.56. The van der Waals surface area contributed by atoms with Gasteiger partial charge in [0.1, 0.15) is 0 Å². The molecule has 0 unspecified atom stereocenters. The molecule has 0 saturated carbocycles. The van der Waals surface area contributed by atoms with Gasteiger partial charge in [0.2, 0.25) is 0 Å². The summed E-state index contributed by atoms with van der Waals surface area (Å²) in [5, 5.41) is 2.56. The molecule has 2 aromatic rings. The van der Waals surface area contributed by atoms with Crippen molar-refractivity contribution in [1.82, 2.24) is 0 Å². The van der Waals surface area contributed by atoms with Crippen molar-refractivity contribution in [2.45, 2.75) is 12.8 Å². The first-order valence-electron chi connectivity index (χ1n) is 6.87. The van der Waals surface area contributed by atoms with Crippen molar-refractivity contribution in [2.24, 2.45) is 0 Å². The molecule has 6 heteroatoms. The van der Waals surface area contributed by atoms with Crippen LogP contribution in [0.1, 0.15) is 12.8 Å². The molecule has 0 aliphatic carbocycles. The predicted molar refractivity (Wildman–Crippen MR) is 87.7 cm³/mol. The van der Waals surface area contributed by atoms with Gasteiger partial charge in [0, 0.05) is 5.75 Å². The Morgan fingerprint density at radius 2 is 1.27 bits per heavy atom. The zero-order chi connectivity index (χ0) is 15.1. The monoisotopic (exact) mass is 344 g/mol. The van der Waals surface area contributed by atoms with Crippen LogP contribution in [-0.2, 0) is 10.1 Å². The Morgan fingerprint density at radius 1 is 0.818 bits per heavy atom. The summed E-state index contributed by atoms with van der Waals surface area (Å²) in [5.74, 6) is -0.264. The number of rotatable bonds is 7. The van der Waals surface area contributed by atoms with Crippen LogP contribution >= 0.6 is 7.92 Å². The van der Waals surface area contributed by atoms with Gasteiger partial charge in [-0.05, 0) is 37.5 Å². The summed E-state index contributed by atoms with van der Waals surface area (Å²) in [6, 6.07) is 20.5. The quantitative estimate of drug-likeness (QED) is 0.293. The van der Waals surface area contributed by atoms with E-state index in [0.717, 1.165) is 12.6 Å². The molecule has 0 bridgehead atoms. The molecule has 0 radical (unpaired) electrons. The van der Waals surface area contributed by atoms with Crippen molar-refractivity contribution in [1.29, 1.82) is 0 Å². The van der Waals surface area contributed by atoms with Gasteiger partial charge in [-0.2, -0.15) is 0 Å². The van der Waals surface area contributed by atoms with E-state index in [1.165, 1.54) is 10.6 Å². The molecule has 2 rings (SSSR count). The fraction of sp³-hybridized carbons (Fsp3) is 0.250. The second-order valence-electron chi connectivity index (χ2n) is 4.79. The Labute approximate surface area is 155 Å². The molecule has 0 amide bonds. The average Bonchev–Trinajstić information content (AvgIpc) is 2.48. The van der Waals surface area contributed by atoms with Crippen LogP contribution in [0, 0.1) is 0 Å². The van der Waals surface area contributed by atoms with Gasteiger partial charge >= 0.3 is 29.6 Å². The van der Waals surface area contributed by atoms with Crippen molar-refractivity contribution in [3.05, 3.63) is 60.7 Å². The summed E-state index contributed by atoms with van der Waals surface area (Å²) in [4.78, 5) is 0. The van der Waals surface area contributed by atoms with Crippen molar-refractivity contribution >= 4 is 28.6 Å². The maximum absolute atomic E-state index is 10.7. The molecule has 0 heterocycles. The average molecular weight is 344 g/mol. The maximum Gasteiger partial charge on any atom is 1.00 e. The van der Waals surface area contributed by atoms with Crippen molar-refractivity contribution in [3.63, 3.8) is 0 Å². The Bertz CT molecular complexity index is 608. The van der Waals surface area contributed by atoms with Crippen LogP contribution < -0.4 is 40.2 Å². The molecular weight excluding hydrogens is 326 g/mol. The number of unbranched alkanes of at least 4 members (excludes halogenated alkanes) is 1. The minimum absolute atomic E-state index is 0. The molecule has 0 fully saturated rings. The van der Waals surface area contributed by atoms with Gasteiger partial charge < -0.3 is 4.55 Å². The molecule has 0 aromatic heterocycles. The summed E-state index contributed by atoms with van der Waals surface area (Å²) in [7, 11) is -4.59. The van der Waals surface area contributed by atoms with E-state index in [1.807, 2.05) is 36.4 Å². The molecule has 0 N–H and O–H groups in total. The standard InChI is InChI=1S/C16H19O3PS.Na/c17-21(18,19)14-8-7-13-20(15-9-3-1-4-10-15)16-11-5-2-6-12-16;/h1-6,9-12H,7-8,13-14H2,(H,17,18,19);/q;+1/p-1.